The lowest BCUT2D eigenvalue weighted by Crippen LogP contribution is -2.48. The van der Waals surface area contributed by atoms with Crippen LogP contribution in [0.25, 0.3) is 0 Å². The van der Waals surface area contributed by atoms with Crippen molar-refractivity contribution < 1.29 is 9.59 Å². The zero-order valence-electron chi connectivity index (χ0n) is 13.7. The van der Waals surface area contributed by atoms with Crippen molar-refractivity contribution in [1.29, 1.82) is 0 Å². The van der Waals surface area contributed by atoms with Gasteiger partial charge >= 0.3 is 0 Å². The van der Waals surface area contributed by atoms with E-state index in [-0.39, 0.29) is 17.9 Å². The molecule has 2 aliphatic heterocycles. The minimum atomic E-state index is -0.0762. The molecule has 2 amide bonds. The first-order chi connectivity index (χ1) is 11.0. The SMILES string of the molecule is CC1CNCCC1NC(=O)c1ccc2c(c1)NC(=O)CCN2C. The molecule has 0 radical (unpaired) electrons. The lowest BCUT2D eigenvalue weighted by molar-refractivity contribution is -0.115. The summed E-state index contributed by atoms with van der Waals surface area (Å²) in [4.78, 5) is 26.4. The molecule has 0 aromatic heterocycles. The second-order valence-electron chi connectivity index (χ2n) is 6.50. The number of nitrogens with zero attached hydrogens (tertiary/aromatic N) is 1. The summed E-state index contributed by atoms with van der Waals surface area (Å²) in [5.74, 6) is 0.326. The van der Waals surface area contributed by atoms with E-state index in [9.17, 15) is 9.59 Å². The van der Waals surface area contributed by atoms with Crippen molar-refractivity contribution in [2.75, 3.05) is 36.9 Å². The molecule has 3 N–H and O–H groups in total. The van der Waals surface area contributed by atoms with Gasteiger partial charge in [0.25, 0.3) is 5.91 Å². The van der Waals surface area contributed by atoms with E-state index < -0.39 is 0 Å². The van der Waals surface area contributed by atoms with Crippen LogP contribution in [0.2, 0.25) is 0 Å². The molecular formula is C17H24N4O2. The number of piperidine rings is 1. The minimum absolute atomic E-state index is 0.0138. The molecule has 0 bridgehead atoms. The number of rotatable bonds is 2. The van der Waals surface area contributed by atoms with Crippen LogP contribution < -0.4 is 20.9 Å². The fourth-order valence-corrected chi connectivity index (χ4v) is 3.19. The average molecular weight is 316 g/mol. The Morgan fingerprint density at radius 1 is 1.39 bits per heavy atom. The third-order valence-corrected chi connectivity index (χ3v) is 4.72. The highest BCUT2D eigenvalue weighted by Crippen LogP contribution is 2.29. The topological polar surface area (TPSA) is 73.5 Å². The van der Waals surface area contributed by atoms with Crippen molar-refractivity contribution in [3.8, 4) is 0 Å². The first-order valence-electron chi connectivity index (χ1n) is 8.21. The Morgan fingerprint density at radius 3 is 3.00 bits per heavy atom. The van der Waals surface area contributed by atoms with Crippen LogP contribution in [0.3, 0.4) is 0 Å². The van der Waals surface area contributed by atoms with Gasteiger partial charge in [0, 0.05) is 31.6 Å². The molecule has 6 heteroatoms. The van der Waals surface area contributed by atoms with Crippen LogP contribution in [0.4, 0.5) is 11.4 Å². The van der Waals surface area contributed by atoms with E-state index in [0.717, 1.165) is 25.2 Å². The zero-order chi connectivity index (χ0) is 16.4. The molecule has 124 valence electrons. The van der Waals surface area contributed by atoms with E-state index in [2.05, 4.69) is 22.9 Å². The van der Waals surface area contributed by atoms with Crippen LogP contribution in [0.5, 0.6) is 0 Å². The Bertz CT molecular complexity index is 617. The summed E-state index contributed by atoms with van der Waals surface area (Å²) >= 11 is 0. The van der Waals surface area contributed by atoms with E-state index in [1.165, 1.54) is 0 Å². The van der Waals surface area contributed by atoms with Crippen molar-refractivity contribution >= 4 is 23.2 Å². The first kappa shape index (κ1) is 15.8. The molecule has 0 aliphatic carbocycles. The fourth-order valence-electron chi connectivity index (χ4n) is 3.19. The van der Waals surface area contributed by atoms with Gasteiger partial charge in [-0.3, -0.25) is 9.59 Å². The second kappa shape index (κ2) is 6.58. The molecule has 0 spiro atoms. The highest BCUT2D eigenvalue weighted by Gasteiger charge is 2.24. The van der Waals surface area contributed by atoms with Gasteiger partial charge in [0.15, 0.2) is 0 Å². The molecule has 2 atom stereocenters. The summed E-state index contributed by atoms with van der Waals surface area (Å²) < 4.78 is 0. The lowest BCUT2D eigenvalue weighted by Gasteiger charge is -2.30. The van der Waals surface area contributed by atoms with Crippen LogP contribution in [-0.2, 0) is 4.79 Å². The van der Waals surface area contributed by atoms with E-state index in [0.29, 0.717) is 30.1 Å². The van der Waals surface area contributed by atoms with Crippen molar-refractivity contribution in [3.63, 3.8) is 0 Å². The van der Waals surface area contributed by atoms with Gasteiger partial charge in [0.05, 0.1) is 11.4 Å². The van der Waals surface area contributed by atoms with Gasteiger partial charge in [-0.15, -0.1) is 0 Å². The van der Waals surface area contributed by atoms with Crippen LogP contribution in [0, 0.1) is 5.92 Å². The third-order valence-electron chi connectivity index (χ3n) is 4.72. The van der Waals surface area contributed by atoms with E-state index in [4.69, 9.17) is 0 Å². The van der Waals surface area contributed by atoms with Crippen molar-refractivity contribution in [2.24, 2.45) is 5.92 Å². The van der Waals surface area contributed by atoms with Crippen LogP contribution in [0.1, 0.15) is 30.1 Å². The number of fused-ring (bicyclic) bond motifs is 1. The maximum absolute atomic E-state index is 12.5. The molecule has 2 unspecified atom stereocenters. The summed E-state index contributed by atoms with van der Waals surface area (Å²) in [5.41, 5.74) is 2.24. The molecule has 23 heavy (non-hydrogen) atoms. The number of nitrogens with one attached hydrogen (secondary N) is 3. The normalized spacial score (nSPS) is 24.4. The van der Waals surface area contributed by atoms with Crippen LogP contribution in [-0.4, -0.2) is 44.5 Å². The fraction of sp³-hybridized carbons (Fsp3) is 0.529. The van der Waals surface area contributed by atoms with Crippen LogP contribution >= 0.6 is 0 Å². The summed E-state index contributed by atoms with van der Waals surface area (Å²) in [6, 6.07) is 5.70. The number of carbonyl (C=O) groups excluding carboxylic acids is 2. The number of amides is 2. The summed E-state index contributed by atoms with van der Waals surface area (Å²) in [5, 5.41) is 9.35. The van der Waals surface area contributed by atoms with Gasteiger partial charge in [0.1, 0.15) is 0 Å². The standard InChI is InChI=1S/C17H24N4O2/c1-11-10-18-7-5-13(11)20-17(23)12-3-4-15-14(9-12)19-16(22)6-8-21(15)2/h3-4,9,11,13,18H,5-8,10H2,1-2H3,(H,19,22)(H,20,23). The molecule has 2 heterocycles. The molecule has 0 saturated carbocycles. The minimum Gasteiger partial charge on any atom is -0.372 e. The second-order valence-corrected chi connectivity index (χ2v) is 6.50. The zero-order valence-corrected chi connectivity index (χ0v) is 13.7. The third kappa shape index (κ3) is 3.47. The predicted molar refractivity (Wildman–Crippen MR) is 90.9 cm³/mol. The lowest BCUT2D eigenvalue weighted by atomic mass is 9.95. The molecule has 1 aromatic carbocycles. The number of carbonyl (C=O) groups is 2. The molecule has 1 aromatic rings. The molecule has 3 rings (SSSR count). The van der Waals surface area contributed by atoms with Gasteiger partial charge < -0.3 is 20.9 Å². The molecule has 2 aliphatic rings. The van der Waals surface area contributed by atoms with Crippen molar-refractivity contribution in [2.45, 2.75) is 25.8 Å². The van der Waals surface area contributed by atoms with Gasteiger partial charge in [-0.1, -0.05) is 6.92 Å². The average Bonchev–Trinajstić information content (AvgIpc) is 2.68. The smallest absolute Gasteiger partial charge is 0.251 e. The van der Waals surface area contributed by atoms with E-state index >= 15 is 0 Å². The van der Waals surface area contributed by atoms with E-state index in [1.54, 1.807) is 6.07 Å². The van der Waals surface area contributed by atoms with Gasteiger partial charge in [-0.25, -0.2) is 0 Å². The Morgan fingerprint density at radius 2 is 2.22 bits per heavy atom. The Hall–Kier alpha value is -2.08. The molecule has 1 saturated heterocycles. The summed E-state index contributed by atoms with van der Waals surface area (Å²) in [6.45, 7) is 4.68. The monoisotopic (exact) mass is 316 g/mol. The highest BCUT2D eigenvalue weighted by molar-refractivity contribution is 6.01. The number of benzene rings is 1. The van der Waals surface area contributed by atoms with Crippen molar-refractivity contribution in [3.05, 3.63) is 23.8 Å². The quantitative estimate of drug-likeness (QED) is 0.766. The molecule has 6 nitrogen and oxygen atoms in total. The van der Waals surface area contributed by atoms with Gasteiger partial charge in [-0.2, -0.15) is 0 Å². The maximum atomic E-state index is 12.5. The Kier molecular flexibility index (Phi) is 4.52. The Labute approximate surface area is 136 Å². The predicted octanol–water partition coefficient (Wildman–Crippen LogP) is 1.19. The van der Waals surface area contributed by atoms with Crippen molar-refractivity contribution in [1.82, 2.24) is 10.6 Å². The largest absolute Gasteiger partial charge is 0.372 e. The highest BCUT2D eigenvalue weighted by atomic mass is 16.2. The van der Waals surface area contributed by atoms with Gasteiger partial charge in [-0.05, 0) is 43.6 Å². The summed E-state index contributed by atoms with van der Waals surface area (Å²) in [6.07, 6.45) is 1.40. The summed E-state index contributed by atoms with van der Waals surface area (Å²) in [7, 11) is 1.95. The van der Waals surface area contributed by atoms with E-state index in [1.807, 2.05) is 24.1 Å². The molecular weight excluding hydrogens is 292 g/mol. The maximum Gasteiger partial charge on any atom is 0.251 e. The number of anilines is 2. The number of hydrogen-bond acceptors (Lipinski definition) is 4. The Balaban J connectivity index is 1.78. The van der Waals surface area contributed by atoms with Crippen LogP contribution in [0.15, 0.2) is 18.2 Å². The molecule has 1 fully saturated rings. The van der Waals surface area contributed by atoms with Gasteiger partial charge in [0.2, 0.25) is 5.91 Å². The number of hydrogen-bond donors (Lipinski definition) is 3. The first-order valence-corrected chi connectivity index (χ1v) is 8.21.